The summed E-state index contributed by atoms with van der Waals surface area (Å²) in [5.74, 6) is 0. The molecule has 1 aliphatic heterocycles. The Hall–Kier alpha value is -1.32. The molecular weight excluding hydrogens is 210 g/mol. The number of fused-ring (bicyclic) bond motifs is 1. The maximum absolute atomic E-state index is 3.60. The Balaban J connectivity index is 1.84. The second-order valence-electron chi connectivity index (χ2n) is 4.87. The van der Waals surface area contributed by atoms with Gasteiger partial charge in [0.25, 0.3) is 0 Å². The molecule has 3 N–H and O–H groups in total. The fourth-order valence-electron chi connectivity index (χ4n) is 2.66. The Kier molecular flexibility index (Phi) is 2.87. The summed E-state index contributed by atoms with van der Waals surface area (Å²) in [6.07, 6.45) is 3.23. The lowest BCUT2D eigenvalue weighted by molar-refractivity contribution is 0.337. The molecule has 1 aromatic carbocycles. The third-order valence-corrected chi connectivity index (χ3v) is 3.72. The third-order valence-electron chi connectivity index (χ3n) is 3.72. The van der Waals surface area contributed by atoms with Crippen molar-refractivity contribution in [3.63, 3.8) is 0 Å². The highest BCUT2D eigenvalue weighted by molar-refractivity contribution is 5.83. The van der Waals surface area contributed by atoms with Crippen molar-refractivity contribution in [2.45, 2.75) is 25.4 Å². The molecule has 0 bridgehead atoms. The molecule has 0 spiro atoms. The number of hydrogen-bond acceptors (Lipinski definition) is 2. The van der Waals surface area contributed by atoms with Crippen LogP contribution in [-0.2, 0) is 6.42 Å². The summed E-state index contributed by atoms with van der Waals surface area (Å²) >= 11 is 0. The topological polar surface area (TPSA) is 39.8 Å². The van der Waals surface area contributed by atoms with Gasteiger partial charge in [-0.3, -0.25) is 0 Å². The van der Waals surface area contributed by atoms with E-state index in [1.165, 1.54) is 16.5 Å². The van der Waals surface area contributed by atoms with E-state index in [0.717, 1.165) is 19.5 Å². The van der Waals surface area contributed by atoms with Gasteiger partial charge in [0.2, 0.25) is 0 Å². The maximum atomic E-state index is 3.60. The van der Waals surface area contributed by atoms with Crippen molar-refractivity contribution in [3.05, 3.63) is 36.0 Å². The van der Waals surface area contributed by atoms with Gasteiger partial charge in [-0.25, -0.2) is 0 Å². The van der Waals surface area contributed by atoms with E-state index in [1.54, 1.807) is 0 Å². The summed E-state index contributed by atoms with van der Waals surface area (Å²) in [6, 6.07) is 9.58. The van der Waals surface area contributed by atoms with Gasteiger partial charge in [-0.1, -0.05) is 18.2 Å². The van der Waals surface area contributed by atoms with Crippen LogP contribution in [0.25, 0.3) is 10.9 Å². The van der Waals surface area contributed by atoms with Gasteiger partial charge in [0, 0.05) is 42.3 Å². The number of piperazine rings is 1. The van der Waals surface area contributed by atoms with Crippen molar-refractivity contribution in [2.24, 2.45) is 0 Å². The van der Waals surface area contributed by atoms with Gasteiger partial charge in [-0.05, 0) is 25.0 Å². The number of nitrogens with one attached hydrogen (secondary N) is 3. The zero-order chi connectivity index (χ0) is 11.7. The van der Waals surface area contributed by atoms with Crippen molar-refractivity contribution in [3.8, 4) is 0 Å². The van der Waals surface area contributed by atoms with Crippen LogP contribution in [-0.4, -0.2) is 30.2 Å². The highest BCUT2D eigenvalue weighted by atomic mass is 15.1. The highest BCUT2D eigenvalue weighted by Crippen LogP contribution is 2.20. The number of H-pyrrole nitrogens is 1. The van der Waals surface area contributed by atoms with E-state index >= 15 is 0 Å². The summed E-state index contributed by atoms with van der Waals surface area (Å²) in [4.78, 5) is 3.34. The first-order valence-corrected chi connectivity index (χ1v) is 6.36. The molecule has 0 aliphatic carbocycles. The molecule has 2 unspecified atom stereocenters. The lowest BCUT2D eigenvalue weighted by Crippen LogP contribution is -2.55. The molecule has 17 heavy (non-hydrogen) atoms. The van der Waals surface area contributed by atoms with Gasteiger partial charge in [-0.15, -0.1) is 0 Å². The van der Waals surface area contributed by atoms with Crippen LogP contribution >= 0.6 is 0 Å². The molecule has 3 heteroatoms. The zero-order valence-electron chi connectivity index (χ0n) is 10.2. The Morgan fingerprint density at radius 3 is 2.88 bits per heavy atom. The average molecular weight is 229 g/mol. The van der Waals surface area contributed by atoms with E-state index in [1.807, 2.05) is 0 Å². The number of rotatable bonds is 2. The summed E-state index contributed by atoms with van der Waals surface area (Å²) in [6.45, 7) is 4.40. The van der Waals surface area contributed by atoms with Crippen LogP contribution in [0.3, 0.4) is 0 Å². The van der Waals surface area contributed by atoms with Crippen LogP contribution in [0.2, 0.25) is 0 Å². The van der Waals surface area contributed by atoms with Gasteiger partial charge < -0.3 is 15.6 Å². The number of hydrogen-bond donors (Lipinski definition) is 3. The van der Waals surface area contributed by atoms with Crippen LogP contribution < -0.4 is 10.6 Å². The lowest BCUT2D eigenvalue weighted by Gasteiger charge is -2.31. The first-order valence-electron chi connectivity index (χ1n) is 6.36. The first kappa shape index (κ1) is 10.8. The van der Waals surface area contributed by atoms with Crippen LogP contribution in [0.4, 0.5) is 0 Å². The molecule has 0 radical (unpaired) electrons. The Morgan fingerprint density at radius 2 is 2.00 bits per heavy atom. The molecule has 1 aromatic heterocycles. The number of benzene rings is 1. The van der Waals surface area contributed by atoms with Crippen LogP contribution in [0, 0.1) is 0 Å². The monoisotopic (exact) mass is 229 g/mol. The summed E-state index contributed by atoms with van der Waals surface area (Å²) in [7, 11) is 0. The van der Waals surface area contributed by atoms with E-state index < -0.39 is 0 Å². The number of aromatic amines is 1. The van der Waals surface area contributed by atoms with E-state index in [4.69, 9.17) is 0 Å². The average Bonchev–Trinajstić information content (AvgIpc) is 2.76. The molecule has 2 heterocycles. The molecule has 1 fully saturated rings. The minimum Gasteiger partial charge on any atom is -0.361 e. The first-order chi connectivity index (χ1) is 8.34. The minimum absolute atomic E-state index is 0.531. The molecule has 1 aliphatic rings. The number of para-hydroxylation sites is 1. The predicted octanol–water partition coefficient (Wildman–Crippen LogP) is 1.66. The Morgan fingerprint density at radius 1 is 1.18 bits per heavy atom. The van der Waals surface area contributed by atoms with E-state index in [2.05, 4.69) is 53.0 Å². The fourth-order valence-corrected chi connectivity index (χ4v) is 2.66. The molecule has 3 rings (SSSR count). The molecule has 1 saturated heterocycles. The number of aromatic nitrogens is 1. The smallest absolute Gasteiger partial charge is 0.0456 e. The van der Waals surface area contributed by atoms with Crippen molar-refractivity contribution in [1.82, 2.24) is 15.6 Å². The molecule has 3 nitrogen and oxygen atoms in total. The SMILES string of the molecule is CC1NCCNC1Cc1c[nH]c2ccccc12. The second kappa shape index (κ2) is 4.51. The highest BCUT2D eigenvalue weighted by Gasteiger charge is 2.21. The quantitative estimate of drug-likeness (QED) is 0.733. The summed E-state index contributed by atoms with van der Waals surface area (Å²) in [5, 5.41) is 8.47. The van der Waals surface area contributed by atoms with Gasteiger partial charge >= 0.3 is 0 Å². The van der Waals surface area contributed by atoms with Gasteiger partial charge in [0.15, 0.2) is 0 Å². The van der Waals surface area contributed by atoms with E-state index in [0.29, 0.717) is 12.1 Å². The summed E-state index contributed by atoms with van der Waals surface area (Å²) in [5.41, 5.74) is 2.65. The molecule has 0 amide bonds. The maximum Gasteiger partial charge on any atom is 0.0456 e. The van der Waals surface area contributed by atoms with Gasteiger partial charge in [0.05, 0.1) is 0 Å². The van der Waals surface area contributed by atoms with Crippen molar-refractivity contribution in [1.29, 1.82) is 0 Å². The molecular formula is C14H19N3. The Bertz CT molecular complexity index is 503. The largest absolute Gasteiger partial charge is 0.361 e. The third kappa shape index (κ3) is 2.08. The Labute approximate surface area is 102 Å². The van der Waals surface area contributed by atoms with Crippen molar-refractivity contribution in [2.75, 3.05) is 13.1 Å². The lowest BCUT2D eigenvalue weighted by atomic mass is 9.98. The molecule has 0 saturated carbocycles. The van der Waals surface area contributed by atoms with Gasteiger partial charge in [-0.2, -0.15) is 0 Å². The molecule has 90 valence electrons. The van der Waals surface area contributed by atoms with Crippen LogP contribution in [0.5, 0.6) is 0 Å². The van der Waals surface area contributed by atoms with Gasteiger partial charge in [0.1, 0.15) is 0 Å². The normalized spacial score (nSPS) is 25.2. The molecule has 2 atom stereocenters. The predicted molar refractivity (Wildman–Crippen MR) is 71.3 cm³/mol. The summed E-state index contributed by atoms with van der Waals surface area (Å²) < 4.78 is 0. The zero-order valence-corrected chi connectivity index (χ0v) is 10.2. The standard InChI is InChI=1S/C14H19N3/c1-10-14(16-7-6-15-10)8-11-9-17-13-5-3-2-4-12(11)13/h2-5,9-10,14-17H,6-8H2,1H3. The van der Waals surface area contributed by atoms with E-state index in [9.17, 15) is 0 Å². The fraction of sp³-hybridized carbons (Fsp3) is 0.429. The van der Waals surface area contributed by atoms with Crippen molar-refractivity contribution < 1.29 is 0 Å². The minimum atomic E-state index is 0.531. The van der Waals surface area contributed by atoms with Crippen molar-refractivity contribution >= 4 is 10.9 Å². The van der Waals surface area contributed by atoms with Crippen LogP contribution in [0.1, 0.15) is 12.5 Å². The molecule has 2 aromatic rings. The van der Waals surface area contributed by atoms with E-state index in [-0.39, 0.29) is 0 Å². The second-order valence-corrected chi connectivity index (χ2v) is 4.87. The van der Waals surface area contributed by atoms with Crippen LogP contribution in [0.15, 0.2) is 30.5 Å².